The first-order valence-electron chi connectivity index (χ1n) is 5.35. The fourth-order valence-corrected chi connectivity index (χ4v) is 1.24. The standard InChI is InChI=1S/C10H15N3O4/c1-7-12-9(17-13-7)6-11-8(14)4-2-3-5-10(15)16/h2-6H2,1H3,(H,11,14)(H,15,16). The van der Waals surface area contributed by atoms with Crippen molar-refractivity contribution < 1.29 is 19.2 Å². The number of carbonyl (C=O) groups excluding carboxylic acids is 1. The summed E-state index contributed by atoms with van der Waals surface area (Å²) in [5.74, 6) is -0.102. The molecule has 1 heterocycles. The number of hydrogen-bond donors (Lipinski definition) is 2. The third kappa shape index (κ3) is 5.64. The molecule has 0 aromatic carbocycles. The molecule has 0 aliphatic heterocycles. The van der Waals surface area contributed by atoms with Crippen LogP contribution in [-0.4, -0.2) is 27.1 Å². The van der Waals surface area contributed by atoms with Crippen molar-refractivity contribution in [2.24, 2.45) is 0 Å². The summed E-state index contributed by atoms with van der Waals surface area (Å²) in [7, 11) is 0. The van der Waals surface area contributed by atoms with Crippen LogP contribution in [0.3, 0.4) is 0 Å². The highest BCUT2D eigenvalue weighted by molar-refractivity contribution is 5.75. The Morgan fingerprint density at radius 2 is 2.06 bits per heavy atom. The summed E-state index contributed by atoms with van der Waals surface area (Å²) in [6, 6.07) is 0. The van der Waals surface area contributed by atoms with E-state index >= 15 is 0 Å². The predicted octanol–water partition coefficient (Wildman–Crippen LogP) is 0.639. The molecule has 0 bridgehead atoms. The third-order valence-electron chi connectivity index (χ3n) is 2.05. The smallest absolute Gasteiger partial charge is 0.303 e. The van der Waals surface area contributed by atoms with Crippen LogP contribution in [0.1, 0.15) is 37.4 Å². The maximum Gasteiger partial charge on any atom is 0.303 e. The lowest BCUT2D eigenvalue weighted by molar-refractivity contribution is -0.137. The van der Waals surface area contributed by atoms with Crippen molar-refractivity contribution in [1.82, 2.24) is 15.5 Å². The average Bonchev–Trinajstić information content (AvgIpc) is 2.67. The molecule has 0 unspecified atom stereocenters. The number of nitrogens with one attached hydrogen (secondary N) is 1. The number of carboxylic acids is 1. The average molecular weight is 241 g/mol. The normalized spacial score (nSPS) is 10.2. The minimum atomic E-state index is -0.841. The minimum absolute atomic E-state index is 0.0934. The van der Waals surface area contributed by atoms with E-state index in [1.807, 2.05) is 0 Å². The van der Waals surface area contributed by atoms with Gasteiger partial charge in [-0.3, -0.25) is 9.59 Å². The molecule has 0 saturated heterocycles. The lowest BCUT2D eigenvalue weighted by atomic mass is 10.2. The molecule has 17 heavy (non-hydrogen) atoms. The molecule has 0 atom stereocenters. The van der Waals surface area contributed by atoms with Gasteiger partial charge in [0, 0.05) is 12.8 Å². The van der Waals surface area contributed by atoms with E-state index in [2.05, 4.69) is 15.5 Å². The summed E-state index contributed by atoms with van der Waals surface area (Å²) >= 11 is 0. The van der Waals surface area contributed by atoms with Crippen LogP contribution in [0.25, 0.3) is 0 Å². The highest BCUT2D eigenvalue weighted by Gasteiger charge is 2.06. The van der Waals surface area contributed by atoms with E-state index in [-0.39, 0.29) is 18.9 Å². The van der Waals surface area contributed by atoms with Crippen LogP contribution in [0, 0.1) is 6.92 Å². The van der Waals surface area contributed by atoms with Gasteiger partial charge in [-0.2, -0.15) is 4.98 Å². The molecule has 0 radical (unpaired) electrons. The first-order valence-corrected chi connectivity index (χ1v) is 5.35. The Balaban J connectivity index is 2.11. The molecular formula is C10H15N3O4. The van der Waals surface area contributed by atoms with Gasteiger partial charge >= 0.3 is 5.97 Å². The van der Waals surface area contributed by atoms with Crippen LogP contribution in [0.5, 0.6) is 0 Å². The van der Waals surface area contributed by atoms with E-state index in [0.29, 0.717) is 31.0 Å². The van der Waals surface area contributed by atoms with Gasteiger partial charge in [0.25, 0.3) is 0 Å². The van der Waals surface area contributed by atoms with E-state index in [4.69, 9.17) is 9.63 Å². The SMILES string of the molecule is Cc1noc(CNC(=O)CCCCC(=O)O)n1. The molecule has 94 valence electrons. The predicted molar refractivity (Wildman–Crippen MR) is 57.0 cm³/mol. The fourth-order valence-electron chi connectivity index (χ4n) is 1.24. The van der Waals surface area contributed by atoms with Crippen molar-refractivity contribution in [2.45, 2.75) is 39.2 Å². The summed E-state index contributed by atoms with van der Waals surface area (Å²) in [5.41, 5.74) is 0. The third-order valence-corrected chi connectivity index (χ3v) is 2.05. The zero-order chi connectivity index (χ0) is 12.7. The minimum Gasteiger partial charge on any atom is -0.481 e. The molecule has 1 aromatic heterocycles. The summed E-state index contributed by atoms with van der Waals surface area (Å²) in [5, 5.41) is 14.6. The van der Waals surface area contributed by atoms with Gasteiger partial charge in [-0.25, -0.2) is 0 Å². The molecule has 0 aliphatic rings. The van der Waals surface area contributed by atoms with Crippen LogP contribution in [-0.2, 0) is 16.1 Å². The van der Waals surface area contributed by atoms with E-state index in [9.17, 15) is 9.59 Å². The van der Waals surface area contributed by atoms with Crippen LogP contribution >= 0.6 is 0 Å². The van der Waals surface area contributed by atoms with Crippen LogP contribution < -0.4 is 5.32 Å². The number of carboxylic acid groups (broad SMARTS) is 1. The van der Waals surface area contributed by atoms with Gasteiger partial charge < -0.3 is 14.9 Å². The van der Waals surface area contributed by atoms with Crippen molar-refractivity contribution in [3.05, 3.63) is 11.7 Å². The second-order valence-corrected chi connectivity index (χ2v) is 3.61. The first-order chi connectivity index (χ1) is 8.08. The maximum absolute atomic E-state index is 11.3. The quantitative estimate of drug-likeness (QED) is 0.678. The number of carbonyl (C=O) groups is 2. The zero-order valence-electron chi connectivity index (χ0n) is 9.60. The second kappa shape index (κ2) is 6.62. The van der Waals surface area contributed by atoms with E-state index in [1.165, 1.54) is 0 Å². The molecular weight excluding hydrogens is 226 g/mol. The van der Waals surface area contributed by atoms with Crippen LogP contribution in [0.2, 0.25) is 0 Å². The van der Waals surface area contributed by atoms with E-state index in [1.54, 1.807) is 6.92 Å². The van der Waals surface area contributed by atoms with Crippen molar-refractivity contribution in [2.75, 3.05) is 0 Å². The largest absolute Gasteiger partial charge is 0.481 e. The first kappa shape index (κ1) is 13.1. The molecule has 2 N–H and O–H groups in total. The second-order valence-electron chi connectivity index (χ2n) is 3.61. The van der Waals surface area contributed by atoms with Crippen molar-refractivity contribution in [3.63, 3.8) is 0 Å². The van der Waals surface area contributed by atoms with Gasteiger partial charge in [0.2, 0.25) is 11.8 Å². The van der Waals surface area contributed by atoms with Gasteiger partial charge in [0.05, 0.1) is 6.54 Å². The zero-order valence-corrected chi connectivity index (χ0v) is 9.60. The number of aromatic nitrogens is 2. The highest BCUT2D eigenvalue weighted by atomic mass is 16.5. The molecule has 0 spiro atoms. The Labute approximate surface area is 98.2 Å². The maximum atomic E-state index is 11.3. The Bertz CT molecular complexity index is 389. The van der Waals surface area contributed by atoms with Gasteiger partial charge in [-0.05, 0) is 19.8 Å². The Hall–Kier alpha value is -1.92. The molecule has 1 rings (SSSR count). The van der Waals surface area contributed by atoms with Crippen molar-refractivity contribution in [1.29, 1.82) is 0 Å². The summed E-state index contributed by atoms with van der Waals surface area (Å²) in [6.45, 7) is 1.90. The van der Waals surface area contributed by atoms with Gasteiger partial charge in [-0.1, -0.05) is 5.16 Å². The Kier molecular flexibility index (Phi) is 5.12. The van der Waals surface area contributed by atoms with E-state index in [0.717, 1.165) is 0 Å². The molecule has 1 amide bonds. The number of nitrogens with zero attached hydrogens (tertiary/aromatic N) is 2. The molecule has 0 saturated carbocycles. The van der Waals surface area contributed by atoms with Crippen molar-refractivity contribution in [3.8, 4) is 0 Å². The summed E-state index contributed by atoms with van der Waals surface area (Å²) in [4.78, 5) is 25.5. The number of hydrogen-bond acceptors (Lipinski definition) is 5. The molecule has 0 aliphatic carbocycles. The summed E-state index contributed by atoms with van der Waals surface area (Å²) in [6.07, 6.45) is 1.46. The Morgan fingerprint density at radius 1 is 1.35 bits per heavy atom. The number of rotatable bonds is 7. The van der Waals surface area contributed by atoms with E-state index < -0.39 is 5.97 Å². The summed E-state index contributed by atoms with van der Waals surface area (Å²) < 4.78 is 4.82. The number of aryl methyl sites for hydroxylation is 1. The fraction of sp³-hybridized carbons (Fsp3) is 0.600. The number of aliphatic carboxylic acids is 1. The van der Waals surface area contributed by atoms with Crippen molar-refractivity contribution >= 4 is 11.9 Å². The lowest BCUT2D eigenvalue weighted by Gasteiger charge is -2.01. The molecule has 1 aromatic rings. The monoisotopic (exact) mass is 241 g/mol. The molecule has 7 nitrogen and oxygen atoms in total. The molecule has 0 fully saturated rings. The van der Waals surface area contributed by atoms with Crippen LogP contribution in [0.4, 0.5) is 0 Å². The topological polar surface area (TPSA) is 105 Å². The van der Waals surface area contributed by atoms with Gasteiger partial charge in [0.15, 0.2) is 5.82 Å². The number of unbranched alkanes of at least 4 members (excludes halogenated alkanes) is 1. The lowest BCUT2D eigenvalue weighted by Crippen LogP contribution is -2.22. The Morgan fingerprint density at radius 3 is 2.65 bits per heavy atom. The van der Waals surface area contributed by atoms with Gasteiger partial charge in [-0.15, -0.1) is 0 Å². The van der Waals surface area contributed by atoms with Gasteiger partial charge in [0.1, 0.15) is 0 Å². The van der Waals surface area contributed by atoms with Crippen LogP contribution in [0.15, 0.2) is 4.52 Å². The number of amides is 1. The molecule has 7 heteroatoms. The highest BCUT2D eigenvalue weighted by Crippen LogP contribution is 2.00.